The third kappa shape index (κ3) is 3.13. The predicted molar refractivity (Wildman–Crippen MR) is 91.4 cm³/mol. The first-order valence-corrected chi connectivity index (χ1v) is 8.18. The third-order valence-corrected chi connectivity index (χ3v) is 4.95. The standard InChI is InChI=1S/C18H21ClN2O2/c1-18(2)8-7-14-13(9-18)17(22)21(11-20-14)10-12-5-4-6-15(23-3)16(12)19/h4-6,11H,7-10H2,1-3H3. The molecule has 0 amide bonds. The normalized spacial score (nSPS) is 16.0. The van der Waals surface area contributed by atoms with Crippen molar-refractivity contribution in [2.24, 2.45) is 5.41 Å². The zero-order chi connectivity index (χ0) is 16.6. The fraction of sp³-hybridized carbons (Fsp3) is 0.444. The zero-order valence-electron chi connectivity index (χ0n) is 13.7. The molecule has 1 aliphatic carbocycles. The summed E-state index contributed by atoms with van der Waals surface area (Å²) >= 11 is 6.34. The van der Waals surface area contributed by atoms with Gasteiger partial charge in [0.05, 0.1) is 30.7 Å². The van der Waals surface area contributed by atoms with Crippen LogP contribution in [0.2, 0.25) is 5.02 Å². The summed E-state index contributed by atoms with van der Waals surface area (Å²) in [5.41, 5.74) is 2.84. The van der Waals surface area contributed by atoms with Crippen molar-refractivity contribution in [3.8, 4) is 5.75 Å². The molecule has 0 aliphatic heterocycles. The molecule has 0 unspecified atom stereocenters. The summed E-state index contributed by atoms with van der Waals surface area (Å²) in [5.74, 6) is 0.615. The van der Waals surface area contributed by atoms with Crippen molar-refractivity contribution < 1.29 is 4.74 Å². The molecular formula is C18H21ClN2O2. The van der Waals surface area contributed by atoms with Crippen LogP contribution in [0.25, 0.3) is 0 Å². The summed E-state index contributed by atoms with van der Waals surface area (Å²) in [4.78, 5) is 17.3. The molecule has 3 rings (SSSR count). The molecule has 1 aromatic carbocycles. The molecule has 0 saturated heterocycles. The van der Waals surface area contributed by atoms with E-state index in [1.54, 1.807) is 18.0 Å². The van der Waals surface area contributed by atoms with Crippen molar-refractivity contribution in [1.29, 1.82) is 0 Å². The molecule has 1 aliphatic rings. The summed E-state index contributed by atoms with van der Waals surface area (Å²) in [6.07, 6.45) is 4.35. The van der Waals surface area contributed by atoms with Gasteiger partial charge in [-0.3, -0.25) is 9.36 Å². The highest BCUT2D eigenvalue weighted by Crippen LogP contribution is 2.32. The average Bonchev–Trinajstić information content (AvgIpc) is 2.52. The smallest absolute Gasteiger partial charge is 0.257 e. The number of halogens is 1. The summed E-state index contributed by atoms with van der Waals surface area (Å²) in [7, 11) is 1.58. The van der Waals surface area contributed by atoms with Crippen LogP contribution < -0.4 is 10.3 Å². The van der Waals surface area contributed by atoms with Crippen molar-refractivity contribution in [1.82, 2.24) is 9.55 Å². The Kier molecular flexibility index (Phi) is 4.19. The molecule has 0 bridgehead atoms. The summed E-state index contributed by atoms with van der Waals surface area (Å²) in [6.45, 7) is 4.80. The number of aryl methyl sites for hydroxylation is 1. The molecule has 5 heteroatoms. The number of fused-ring (bicyclic) bond motifs is 1. The molecule has 4 nitrogen and oxygen atoms in total. The lowest BCUT2D eigenvalue weighted by Gasteiger charge is -2.30. The number of aromatic nitrogens is 2. The molecule has 0 atom stereocenters. The first-order valence-electron chi connectivity index (χ1n) is 7.80. The molecule has 1 heterocycles. The van der Waals surface area contributed by atoms with Gasteiger partial charge in [-0.15, -0.1) is 0 Å². The van der Waals surface area contributed by atoms with Crippen LogP contribution in [0, 0.1) is 5.41 Å². The Balaban J connectivity index is 1.98. The topological polar surface area (TPSA) is 44.1 Å². The Bertz CT molecular complexity index is 796. The van der Waals surface area contributed by atoms with Gasteiger partial charge in [-0.2, -0.15) is 0 Å². The SMILES string of the molecule is COc1cccc(Cn2cnc3c(c2=O)CC(C)(C)CC3)c1Cl. The summed E-state index contributed by atoms with van der Waals surface area (Å²) in [5, 5.41) is 0.542. The van der Waals surface area contributed by atoms with Crippen molar-refractivity contribution in [2.75, 3.05) is 7.11 Å². The maximum atomic E-state index is 12.8. The van der Waals surface area contributed by atoms with Crippen molar-refractivity contribution in [2.45, 2.75) is 39.7 Å². The van der Waals surface area contributed by atoms with Gasteiger partial charge in [0.1, 0.15) is 5.75 Å². The fourth-order valence-corrected chi connectivity index (χ4v) is 3.38. The molecule has 23 heavy (non-hydrogen) atoms. The number of nitrogens with zero attached hydrogens (tertiary/aromatic N) is 2. The zero-order valence-corrected chi connectivity index (χ0v) is 14.5. The molecular weight excluding hydrogens is 312 g/mol. The van der Waals surface area contributed by atoms with E-state index >= 15 is 0 Å². The molecule has 0 fully saturated rings. The number of rotatable bonds is 3. The van der Waals surface area contributed by atoms with E-state index in [0.717, 1.165) is 36.1 Å². The minimum atomic E-state index is 0.0432. The van der Waals surface area contributed by atoms with E-state index in [9.17, 15) is 4.79 Å². The number of methoxy groups -OCH3 is 1. The Morgan fingerprint density at radius 2 is 2.17 bits per heavy atom. The Labute approximate surface area is 141 Å². The van der Waals surface area contributed by atoms with Crippen LogP contribution in [0.4, 0.5) is 0 Å². The van der Waals surface area contributed by atoms with Crippen LogP contribution in [0.3, 0.4) is 0 Å². The van der Waals surface area contributed by atoms with Gasteiger partial charge in [-0.05, 0) is 36.3 Å². The Morgan fingerprint density at radius 1 is 1.39 bits per heavy atom. The Hall–Kier alpha value is -1.81. The first kappa shape index (κ1) is 16.1. The second kappa shape index (κ2) is 6.00. The van der Waals surface area contributed by atoms with E-state index in [4.69, 9.17) is 16.3 Å². The highest BCUT2D eigenvalue weighted by molar-refractivity contribution is 6.32. The fourth-order valence-electron chi connectivity index (χ4n) is 3.12. The van der Waals surface area contributed by atoms with Crippen molar-refractivity contribution in [3.05, 3.63) is 56.7 Å². The number of hydrogen-bond donors (Lipinski definition) is 0. The maximum absolute atomic E-state index is 12.8. The van der Waals surface area contributed by atoms with Gasteiger partial charge >= 0.3 is 0 Å². The van der Waals surface area contributed by atoms with E-state index < -0.39 is 0 Å². The quantitative estimate of drug-likeness (QED) is 0.864. The largest absolute Gasteiger partial charge is 0.495 e. The lowest BCUT2D eigenvalue weighted by Crippen LogP contribution is -2.33. The molecule has 0 spiro atoms. The second-order valence-electron chi connectivity index (χ2n) is 6.88. The summed E-state index contributed by atoms with van der Waals surface area (Å²) < 4.78 is 6.88. The highest BCUT2D eigenvalue weighted by Gasteiger charge is 2.28. The van der Waals surface area contributed by atoms with E-state index in [1.807, 2.05) is 18.2 Å². The Morgan fingerprint density at radius 3 is 2.91 bits per heavy atom. The predicted octanol–water partition coefficient (Wildman–Crippen LogP) is 3.47. The van der Waals surface area contributed by atoms with E-state index in [1.165, 1.54) is 0 Å². The van der Waals surface area contributed by atoms with Gasteiger partial charge in [0.25, 0.3) is 5.56 Å². The molecule has 0 N–H and O–H groups in total. The lowest BCUT2D eigenvalue weighted by atomic mass is 9.76. The number of ether oxygens (including phenoxy) is 1. The first-order chi connectivity index (χ1) is 10.9. The second-order valence-corrected chi connectivity index (χ2v) is 7.26. The van der Waals surface area contributed by atoms with E-state index in [0.29, 0.717) is 17.3 Å². The van der Waals surface area contributed by atoms with Crippen LogP contribution in [-0.2, 0) is 19.4 Å². The number of hydrogen-bond acceptors (Lipinski definition) is 3. The van der Waals surface area contributed by atoms with E-state index in [2.05, 4.69) is 18.8 Å². The highest BCUT2D eigenvalue weighted by atomic mass is 35.5. The minimum absolute atomic E-state index is 0.0432. The van der Waals surface area contributed by atoms with Gasteiger partial charge < -0.3 is 4.74 Å². The molecule has 122 valence electrons. The van der Waals surface area contributed by atoms with Crippen molar-refractivity contribution in [3.63, 3.8) is 0 Å². The summed E-state index contributed by atoms with van der Waals surface area (Å²) in [6, 6.07) is 5.59. The molecule has 0 saturated carbocycles. The van der Waals surface area contributed by atoms with Crippen LogP contribution in [0.15, 0.2) is 29.3 Å². The van der Waals surface area contributed by atoms with Gasteiger partial charge in [0, 0.05) is 5.56 Å². The van der Waals surface area contributed by atoms with Crippen LogP contribution in [0.5, 0.6) is 5.75 Å². The monoisotopic (exact) mass is 332 g/mol. The van der Waals surface area contributed by atoms with Crippen LogP contribution in [0.1, 0.15) is 37.1 Å². The van der Waals surface area contributed by atoms with Crippen LogP contribution >= 0.6 is 11.6 Å². The molecule has 0 radical (unpaired) electrons. The lowest BCUT2D eigenvalue weighted by molar-refractivity contribution is 0.308. The van der Waals surface area contributed by atoms with Gasteiger partial charge in [-0.1, -0.05) is 37.6 Å². The number of benzene rings is 1. The third-order valence-electron chi connectivity index (χ3n) is 4.52. The van der Waals surface area contributed by atoms with Gasteiger partial charge in [-0.25, -0.2) is 4.98 Å². The van der Waals surface area contributed by atoms with E-state index in [-0.39, 0.29) is 11.0 Å². The molecule has 1 aromatic heterocycles. The average molecular weight is 333 g/mol. The minimum Gasteiger partial charge on any atom is -0.495 e. The van der Waals surface area contributed by atoms with Gasteiger partial charge in [0.15, 0.2) is 0 Å². The molecule has 2 aromatic rings. The van der Waals surface area contributed by atoms with Crippen molar-refractivity contribution >= 4 is 11.6 Å². The maximum Gasteiger partial charge on any atom is 0.257 e. The van der Waals surface area contributed by atoms with Gasteiger partial charge in [0.2, 0.25) is 0 Å². The van der Waals surface area contributed by atoms with Crippen LogP contribution in [-0.4, -0.2) is 16.7 Å².